The molecular formula is C16H24N4S. The van der Waals surface area contributed by atoms with Crippen LogP contribution in [0.25, 0.3) is 10.2 Å². The van der Waals surface area contributed by atoms with E-state index >= 15 is 0 Å². The molecule has 0 radical (unpaired) electrons. The molecule has 2 aromatic rings. The van der Waals surface area contributed by atoms with Crippen LogP contribution in [0.3, 0.4) is 0 Å². The second kappa shape index (κ2) is 6.71. The topological polar surface area (TPSA) is 41.0 Å². The lowest BCUT2D eigenvalue weighted by atomic mass is 10.2. The Bertz CT molecular complexity index is 604. The molecule has 2 heterocycles. The van der Waals surface area contributed by atoms with Gasteiger partial charge in [-0.25, -0.2) is 9.97 Å². The molecule has 0 atom stereocenters. The number of aryl methyl sites for hydroxylation is 2. The molecule has 0 aliphatic heterocycles. The minimum absolute atomic E-state index is 0.979. The quantitative estimate of drug-likeness (QED) is 0.797. The third-order valence-electron chi connectivity index (χ3n) is 4.34. The Balaban J connectivity index is 1.67. The third kappa shape index (κ3) is 3.04. The molecule has 5 heteroatoms. The van der Waals surface area contributed by atoms with Crippen molar-refractivity contribution < 1.29 is 0 Å². The van der Waals surface area contributed by atoms with Gasteiger partial charge in [-0.1, -0.05) is 13.8 Å². The van der Waals surface area contributed by atoms with E-state index in [9.17, 15) is 0 Å². The van der Waals surface area contributed by atoms with E-state index in [1.54, 1.807) is 6.33 Å². The maximum atomic E-state index is 4.48. The Morgan fingerprint density at radius 3 is 2.90 bits per heavy atom. The Labute approximate surface area is 130 Å². The van der Waals surface area contributed by atoms with E-state index < -0.39 is 0 Å². The molecule has 0 spiro atoms. The zero-order valence-electron chi connectivity index (χ0n) is 13.0. The van der Waals surface area contributed by atoms with E-state index in [1.807, 2.05) is 11.3 Å². The highest BCUT2D eigenvalue weighted by Gasteiger charge is 2.20. The SMILES string of the molecule is CCN(CC)CCCNc1ncnc2sc3c(c12)CCC3. The molecule has 0 saturated heterocycles. The molecule has 1 N–H and O–H groups in total. The molecule has 1 aliphatic carbocycles. The largest absolute Gasteiger partial charge is 0.369 e. The summed E-state index contributed by atoms with van der Waals surface area (Å²) < 4.78 is 0. The summed E-state index contributed by atoms with van der Waals surface area (Å²) in [4.78, 5) is 14.1. The lowest BCUT2D eigenvalue weighted by Gasteiger charge is -2.17. The lowest BCUT2D eigenvalue weighted by molar-refractivity contribution is 0.303. The van der Waals surface area contributed by atoms with Crippen molar-refractivity contribution in [1.29, 1.82) is 0 Å². The molecule has 0 unspecified atom stereocenters. The molecule has 21 heavy (non-hydrogen) atoms. The monoisotopic (exact) mass is 304 g/mol. The van der Waals surface area contributed by atoms with Crippen molar-refractivity contribution in [2.75, 3.05) is 31.5 Å². The molecule has 0 fully saturated rings. The first-order chi connectivity index (χ1) is 10.3. The van der Waals surface area contributed by atoms with Gasteiger partial charge in [-0.15, -0.1) is 11.3 Å². The van der Waals surface area contributed by atoms with Crippen LogP contribution in [-0.4, -0.2) is 41.0 Å². The molecule has 0 bridgehead atoms. The molecule has 0 saturated carbocycles. The number of fused-ring (bicyclic) bond motifs is 3. The van der Waals surface area contributed by atoms with Crippen molar-refractivity contribution >= 4 is 27.4 Å². The fourth-order valence-electron chi connectivity index (χ4n) is 3.11. The summed E-state index contributed by atoms with van der Waals surface area (Å²) in [5.74, 6) is 1.04. The summed E-state index contributed by atoms with van der Waals surface area (Å²) in [5, 5.41) is 4.83. The van der Waals surface area contributed by atoms with Crippen molar-refractivity contribution in [3.63, 3.8) is 0 Å². The smallest absolute Gasteiger partial charge is 0.138 e. The summed E-state index contributed by atoms with van der Waals surface area (Å²) in [6.45, 7) is 8.83. The third-order valence-corrected chi connectivity index (χ3v) is 5.54. The fourth-order valence-corrected chi connectivity index (χ4v) is 4.34. The van der Waals surface area contributed by atoms with Gasteiger partial charge in [-0.3, -0.25) is 0 Å². The first-order valence-electron chi connectivity index (χ1n) is 8.05. The average Bonchev–Trinajstić information content (AvgIpc) is 3.08. The van der Waals surface area contributed by atoms with Crippen LogP contribution >= 0.6 is 11.3 Å². The second-order valence-electron chi connectivity index (χ2n) is 5.57. The van der Waals surface area contributed by atoms with E-state index in [4.69, 9.17) is 0 Å². The molecule has 3 rings (SSSR count). The standard InChI is InChI=1S/C16H24N4S/c1-3-20(4-2)10-6-9-17-15-14-12-7-5-8-13(12)21-16(14)19-11-18-15/h11H,3-10H2,1-2H3,(H,17,18,19). The summed E-state index contributed by atoms with van der Waals surface area (Å²) >= 11 is 1.85. The molecule has 4 nitrogen and oxygen atoms in total. The summed E-state index contributed by atoms with van der Waals surface area (Å²) in [5.41, 5.74) is 1.50. The Kier molecular flexibility index (Phi) is 4.70. The van der Waals surface area contributed by atoms with Crippen molar-refractivity contribution in [3.8, 4) is 0 Å². The van der Waals surface area contributed by atoms with Gasteiger partial charge in [0.2, 0.25) is 0 Å². The maximum absolute atomic E-state index is 4.48. The summed E-state index contributed by atoms with van der Waals surface area (Å²) in [7, 11) is 0. The summed E-state index contributed by atoms with van der Waals surface area (Å²) in [6.07, 6.45) is 6.54. The second-order valence-corrected chi connectivity index (χ2v) is 6.65. The number of hydrogen-bond acceptors (Lipinski definition) is 5. The lowest BCUT2D eigenvalue weighted by Crippen LogP contribution is -2.25. The van der Waals surface area contributed by atoms with Gasteiger partial charge in [0.25, 0.3) is 0 Å². The maximum Gasteiger partial charge on any atom is 0.138 e. The number of thiophene rings is 1. The van der Waals surface area contributed by atoms with Crippen LogP contribution in [0.1, 0.15) is 37.1 Å². The van der Waals surface area contributed by atoms with Crippen LogP contribution in [0.2, 0.25) is 0 Å². The predicted octanol–water partition coefficient (Wildman–Crippen LogP) is 3.32. The van der Waals surface area contributed by atoms with Gasteiger partial charge in [0, 0.05) is 11.4 Å². The molecule has 2 aromatic heterocycles. The first-order valence-corrected chi connectivity index (χ1v) is 8.86. The van der Waals surface area contributed by atoms with Crippen LogP contribution < -0.4 is 5.32 Å². The number of hydrogen-bond donors (Lipinski definition) is 1. The van der Waals surface area contributed by atoms with E-state index in [0.29, 0.717) is 0 Å². The highest BCUT2D eigenvalue weighted by molar-refractivity contribution is 7.19. The van der Waals surface area contributed by atoms with Crippen LogP contribution in [0.15, 0.2) is 6.33 Å². The minimum atomic E-state index is 0.979. The number of nitrogens with zero attached hydrogens (tertiary/aromatic N) is 3. The average molecular weight is 304 g/mol. The normalized spacial score (nSPS) is 14.0. The van der Waals surface area contributed by atoms with E-state index in [2.05, 4.69) is 34.0 Å². The number of aromatic nitrogens is 2. The van der Waals surface area contributed by atoms with Gasteiger partial charge >= 0.3 is 0 Å². The predicted molar refractivity (Wildman–Crippen MR) is 90.3 cm³/mol. The van der Waals surface area contributed by atoms with Gasteiger partial charge in [0.1, 0.15) is 17.0 Å². The van der Waals surface area contributed by atoms with Crippen LogP contribution in [0.4, 0.5) is 5.82 Å². The van der Waals surface area contributed by atoms with Gasteiger partial charge in [-0.05, 0) is 50.9 Å². The summed E-state index contributed by atoms with van der Waals surface area (Å²) in [6, 6.07) is 0. The van der Waals surface area contributed by atoms with Gasteiger partial charge in [0.15, 0.2) is 0 Å². The Morgan fingerprint density at radius 2 is 2.10 bits per heavy atom. The number of anilines is 1. The van der Waals surface area contributed by atoms with Crippen molar-refractivity contribution in [3.05, 3.63) is 16.8 Å². The van der Waals surface area contributed by atoms with Crippen molar-refractivity contribution in [1.82, 2.24) is 14.9 Å². The highest BCUT2D eigenvalue weighted by atomic mass is 32.1. The first kappa shape index (κ1) is 14.7. The molecule has 114 valence electrons. The zero-order valence-corrected chi connectivity index (χ0v) is 13.8. The Morgan fingerprint density at radius 1 is 1.24 bits per heavy atom. The van der Waals surface area contributed by atoms with E-state index in [-0.39, 0.29) is 0 Å². The van der Waals surface area contributed by atoms with Crippen LogP contribution in [-0.2, 0) is 12.8 Å². The zero-order chi connectivity index (χ0) is 14.7. The van der Waals surface area contributed by atoms with Gasteiger partial charge < -0.3 is 10.2 Å². The minimum Gasteiger partial charge on any atom is -0.369 e. The Hall–Kier alpha value is -1.20. The molecule has 0 amide bonds. The number of nitrogens with one attached hydrogen (secondary N) is 1. The van der Waals surface area contributed by atoms with Gasteiger partial charge in [0.05, 0.1) is 5.39 Å². The van der Waals surface area contributed by atoms with Gasteiger partial charge in [-0.2, -0.15) is 0 Å². The number of rotatable bonds is 7. The molecule has 0 aromatic carbocycles. The van der Waals surface area contributed by atoms with Crippen molar-refractivity contribution in [2.24, 2.45) is 0 Å². The fraction of sp³-hybridized carbons (Fsp3) is 0.625. The van der Waals surface area contributed by atoms with E-state index in [1.165, 1.54) is 35.1 Å². The highest BCUT2D eigenvalue weighted by Crippen LogP contribution is 2.38. The van der Waals surface area contributed by atoms with Crippen LogP contribution in [0.5, 0.6) is 0 Å². The molecule has 1 aliphatic rings. The van der Waals surface area contributed by atoms with E-state index in [0.717, 1.165) is 43.2 Å². The molecular weight excluding hydrogens is 280 g/mol. The van der Waals surface area contributed by atoms with Crippen LogP contribution in [0, 0.1) is 0 Å². The van der Waals surface area contributed by atoms with Crippen molar-refractivity contribution in [2.45, 2.75) is 39.5 Å².